The molecule has 0 saturated heterocycles. The molecule has 2 N–H and O–H groups in total. The highest BCUT2D eigenvalue weighted by Crippen LogP contribution is 2.33. The number of carbonyl (C=O) groups is 1. The van der Waals surface area contributed by atoms with Crippen LogP contribution in [0, 0.1) is 5.82 Å². The maximum absolute atomic E-state index is 14.0. The molecule has 0 bridgehead atoms. The first-order valence-corrected chi connectivity index (χ1v) is 7.73. The summed E-state index contributed by atoms with van der Waals surface area (Å²) >= 11 is 0. The third kappa shape index (κ3) is 2.75. The van der Waals surface area contributed by atoms with Gasteiger partial charge in [-0.15, -0.1) is 0 Å². The van der Waals surface area contributed by atoms with Crippen LogP contribution in [0.1, 0.15) is 36.6 Å². The summed E-state index contributed by atoms with van der Waals surface area (Å²) in [4.78, 5) is 12.7. The van der Waals surface area contributed by atoms with E-state index in [9.17, 15) is 14.3 Å². The Bertz CT molecular complexity index is 742. The molecular formula is C19H20FNO2. The SMILES string of the molecule is CC(C)(C(=O)N[C@H]1c2ccccc2C[C@H]1O)c1ccccc1F. The first-order valence-electron chi connectivity index (χ1n) is 7.73. The Kier molecular flexibility index (Phi) is 3.94. The second-order valence-electron chi connectivity index (χ2n) is 6.53. The van der Waals surface area contributed by atoms with Gasteiger partial charge in [-0.3, -0.25) is 4.79 Å². The van der Waals surface area contributed by atoms with Crippen molar-refractivity contribution in [1.82, 2.24) is 5.32 Å². The van der Waals surface area contributed by atoms with E-state index < -0.39 is 23.4 Å². The summed E-state index contributed by atoms with van der Waals surface area (Å²) in [6, 6.07) is 13.5. The van der Waals surface area contributed by atoms with Crippen molar-refractivity contribution in [3.8, 4) is 0 Å². The molecule has 0 fully saturated rings. The molecular weight excluding hydrogens is 293 g/mol. The summed E-state index contributed by atoms with van der Waals surface area (Å²) in [7, 11) is 0. The van der Waals surface area contributed by atoms with Gasteiger partial charge < -0.3 is 10.4 Å². The van der Waals surface area contributed by atoms with Crippen molar-refractivity contribution in [3.63, 3.8) is 0 Å². The minimum absolute atomic E-state index is 0.302. The summed E-state index contributed by atoms with van der Waals surface area (Å²) in [6.07, 6.45) is -0.144. The van der Waals surface area contributed by atoms with E-state index in [0.717, 1.165) is 11.1 Å². The number of hydrogen-bond acceptors (Lipinski definition) is 2. The Labute approximate surface area is 135 Å². The number of rotatable bonds is 3. The first-order chi connectivity index (χ1) is 10.9. The quantitative estimate of drug-likeness (QED) is 0.915. The van der Waals surface area contributed by atoms with E-state index in [2.05, 4.69) is 5.32 Å². The summed E-state index contributed by atoms with van der Waals surface area (Å²) in [5.41, 5.74) is 1.28. The lowest BCUT2D eigenvalue weighted by Gasteiger charge is -2.28. The topological polar surface area (TPSA) is 49.3 Å². The summed E-state index contributed by atoms with van der Waals surface area (Å²) in [5.74, 6) is -0.705. The molecule has 2 atom stereocenters. The zero-order chi connectivity index (χ0) is 16.6. The molecule has 23 heavy (non-hydrogen) atoms. The number of hydrogen-bond donors (Lipinski definition) is 2. The van der Waals surface area contributed by atoms with Gasteiger partial charge >= 0.3 is 0 Å². The van der Waals surface area contributed by atoms with Crippen LogP contribution in [0.2, 0.25) is 0 Å². The predicted molar refractivity (Wildman–Crippen MR) is 86.5 cm³/mol. The third-order valence-corrected chi connectivity index (χ3v) is 4.61. The van der Waals surface area contributed by atoms with Gasteiger partial charge in [0.1, 0.15) is 5.82 Å². The average molecular weight is 313 g/mol. The normalized spacial score (nSPS) is 20.2. The smallest absolute Gasteiger partial charge is 0.230 e. The lowest BCUT2D eigenvalue weighted by Crippen LogP contribution is -2.44. The van der Waals surface area contributed by atoms with Gasteiger partial charge in [-0.05, 0) is 31.0 Å². The van der Waals surface area contributed by atoms with Crippen LogP contribution < -0.4 is 5.32 Å². The molecule has 2 aromatic carbocycles. The van der Waals surface area contributed by atoms with E-state index in [4.69, 9.17) is 0 Å². The van der Waals surface area contributed by atoms with Crippen molar-refractivity contribution in [2.75, 3.05) is 0 Å². The van der Waals surface area contributed by atoms with Crippen molar-refractivity contribution >= 4 is 5.91 Å². The van der Waals surface area contributed by atoms with Gasteiger partial charge in [-0.1, -0.05) is 42.5 Å². The number of carbonyl (C=O) groups excluding carboxylic acids is 1. The summed E-state index contributed by atoms with van der Waals surface area (Å²) < 4.78 is 14.0. The van der Waals surface area contributed by atoms with Gasteiger partial charge in [0.2, 0.25) is 5.91 Å². The number of amides is 1. The van der Waals surface area contributed by atoms with Gasteiger partial charge in [0, 0.05) is 12.0 Å². The molecule has 0 spiro atoms. The van der Waals surface area contributed by atoms with E-state index in [1.807, 2.05) is 24.3 Å². The van der Waals surface area contributed by atoms with Crippen molar-refractivity contribution in [2.45, 2.75) is 37.8 Å². The zero-order valence-electron chi connectivity index (χ0n) is 13.2. The highest BCUT2D eigenvalue weighted by atomic mass is 19.1. The Hall–Kier alpha value is -2.20. The van der Waals surface area contributed by atoms with Crippen LogP contribution in [0.4, 0.5) is 4.39 Å². The second kappa shape index (κ2) is 5.78. The molecule has 3 rings (SSSR count). The molecule has 0 aliphatic heterocycles. The Morgan fingerprint density at radius 3 is 2.57 bits per heavy atom. The molecule has 2 aromatic rings. The zero-order valence-corrected chi connectivity index (χ0v) is 13.2. The highest BCUT2D eigenvalue weighted by Gasteiger charge is 2.38. The fourth-order valence-corrected chi connectivity index (χ4v) is 3.16. The largest absolute Gasteiger partial charge is 0.390 e. The monoisotopic (exact) mass is 313 g/mol. The molecule has 1 aliphatic carbocycles. The highest BCUT2D eigenvalue weighted by molar-refractivity contribution is 5.87. The maximum Gasteiger partial charge on any atom is 0.230 e. The van der Waals surface area contributed by atoms with E-state index >= 15 is 0 Å². The minimum atomic E-state index is -1.03. The third-order valence-electron chi connectivity index (χ3n) is 4.61. The van der Waals surface area contributed by atoms with E-state index in [0.29, 0.717) is 12.0 Å². The molecule has 0 aromatic heterocycles. The number of fused-ring (bicyclic) bond motifs is 1. The molecule has 1 amide bonds. The van der Waals surface area contributed by atoms with Crippen molar-refractivity contribution in [3.05, 3.63) is 71.0 Å². The van der Waals surface area contributed by atoms with Crippen molar-refractivity contribution in [2.24, 2.45) is 0 Å². The Balaban J connectivity index is 1.86. The molecule has 0 saturated carbocycles. The van der Waals surface area contributed by atoms with Crippen LogP contribution in [0.25, 0.3) is 0 Å². The minimum Gasteiger partial charge on any atom is -0.390 e. The molecule has 0 unspecified atom stereocenters. The molecule has 1 aliphatic rings. The van der Waals surface area contributed by atoms with Crippen LogP contribution in [-0.2, 0) is 16.6 Å². The van der Waals surface area contributed by atoms with Crippen LogP contribution in [0.3, 0.4) is 0 Å². The van der Waals surface area contributed by atoms with Crippen LogP contribution in [0.15, 0.2) is 48.5 Å². The second-order valence-corrected chi connectivity index (χ2v) is 6.53. The van der Waals surface area contributed by atoms with Gasteiger partial charge in [-0.2, -0.15) is 0 Å². The standard InChI is InChI=1S/C19H20FNO2/c1-19(2,14-9-5-6-10-15(14)20)18(23)21-17-13-8-4-3-7-12(13)11-16(17)22/h3-10,16-17,22H,11H2,1-2H3,(H,21,23)/t16-,17+/m1/s1. The average Bonchev–Trinajstić information content (AvgIpc) is 2.83. The number of halogens is 1. The van der Waals surface area contributed by atoms with E-state index in [1.54, 1.807) is 32.0 Å². The van der Waals surface area contributed by atoms with Crippen LogP contribution in [-0.4, -0.2) is 17.1 Å². The number of aliphatic hydroxyl groups is 1. The van der Waals surface area contributed by atoms with Gasteiger partial charge in [0.15, 0.2) is 0 Å². The van der Waals surface area contributed by atoms with Gasteiger partial charge in [-0.25, -0.2) is 4.39 Å². The first kappa shape index (κ1) is 15.7. The van der Waals surface area contributed by atoms with Gasteiger partial charge in [0.25, 0.3) is 0 Å². The van der Waals surface area contributed by atoms with Crippen LogP contribution >= 0.6 is 0 Å². The molecule has 4 heteroatoms. The summed E-state index contributed by atoms with van der Waals surface area (Å²) in [5, 5.41) is 13.2. The van der Waals surface area contributed by atoms with Crippen molar-refractivity contribution < 1.29 is 14.3 Å². The molecule has 3 nitrogen and oxygen atoms in total. The van der Waals surface area contributed by atoms with Crippen molar-refractivity contribution in [1.29, 1.82) is 0 Å². The lowest BCUT2D eigenvalue weighted by atomic mass is 9.83. The lowest BCUT2D eigenvalue weighted by molar-refractivity contribution is -0.127. The Morgan fingerprint density at radius 1 is 1.17 bits per heavy atom. The fourth-order valence-electron chi connectivity index (χ4n) is 3.16. The Morgan fingerprint density at radius 2 is 1.83 bits per heavy atom. The predicted octanol–water partition coefficient (Wildman–Crippen LogP) is 2.88. The molecule has 0 radical (unpaired) electrons. The van der Waals surface area contributed by atoms with E-state index in [-0.39, 0.29) is 5.91 Å². The van der Waals surface area contributed by atoms with Gasteiger partial charge in [0.05, 0.1) is 17.6 Å². The maximum atomic E-state index is 14.0. The summed E-state index contributed by atoms with van der Waals surface area (Å²) in [6.45, 7) is 3.38. The van der Waals surface area contributed by atoms with Crippen LogP contribution in [0.5, 0.6) is 0 Å². The molecule has 0 heterocycles. The number of nitrogens with one attached hydrogen (secondary N) is 1. The van der Waals surface area contributed by atoms with E-state index in [1.165, 1.54) is 6.07 Å². The number of benzene rings is 2. The molecule has 120 valence electrons. The number of aliphatic hydroxyl groups excluding tert-OH is 1. The fraction of sp³-hybridized carbons (Fsp3) is 0.316.